The van der Waals surface area contributed by atoms with E-state index in [2.05, 4.69) is 30.2 Å². The summed E-state index contributed by atoms with van der Waals surface area (Å²) in [6.07, 6.45) is 1.67. The number of amides is 1. The van der Waals surface area contributed by atoms with Crippen LogP contribution < -0.4 is 10.6 Å². The van der Waals surface area contributed by atoms with Crippen LogP contribution in [0.4, 0.5) is 0 Å². The lowest BCUT2D eigenvalue weighted by atomic mass is 10.2. The van der Waals surface area contributed by atoms with Crippen LogP contribution in [0, 0.1) is 4.91 Å². The lowest BCUT2D eigenvalue weighted by Gasteiger charge is -2.25. The Bertz CT molecular complexity index is 1370. The Hall–Kier alpha value is -4.06. The van der Waals surface area contributed by atoms with Gasteiger partial charge in [-0.1, -0.05) is 50.7 Å². The van der Waals surface area contributed by atoms with E-state index in [1.807, 2.05) is 0 Å². The van der Waals surface area contributed by atoms with Gasteiger partial charge in [0.1, 0.15) is 18.8 Å². The molecular formula is C20H19Cl2N11O3. The van der Waals surface area contributed by atoms with Gasteiger partial charge in [0.15, 0.2) is 11.4 Å². The van der Waals surface area contributed by atoms with Gasteiger partial charge < -0.3 is 4.74 Å². The van der Waals surface area contributed by atoms with Crippen LogP contribution in [-0.4, -0.2) is 39.4 Å². The molecule has 1 aromatic carbocycles. The molecule has 0 bridgehead atoms. The van der Waals surface area contributed by atoms with E-state index in [0.717, 1.165) is 5.01 Å². The van der Waals surface area contributed by atoms with E-state index in [1.165, 1.54) is 4.40 Å². The van der Waals surface area contributed by atoms with Crippen LogP contribution >= 0.6 is 23.2 Å². The third kappa shape index (κ3) is 5.95. The predicted molar refractivity (Wildman–Crippen MR) is 132 cm³/mol. The number of nitrogens with zero attached hydrogens (tertiary/aromatic N) is 10. The van der Waals surface area contributed by atoms with Crippen molar-refractivity contribution in [2.24, 2.45) is 21.2 Å². The van der Waals surface area contributed by atoms with Gasteiger partial charge in [0.05, 0.1) is 28.3 Å². The van der Waals surface area contributed by atoms with Crippen molar-refractivity contribution in [3.8, 4) is 5.75 Å². The van der Waals surface area contributed by atoms with Crippen molar-refractivity contribution in [2.45, 2.75) is 25.6 Å². The fourth-order valence-electron chi connectivity index (χ4n) is 3.40. The summed E-state index contributed by atoms with van der Waals surface area (Å²) in [5.74, 6) is 5.66. The fourth-order valence-corrected chi connectivity index (χ4v) is 3.77. The van der Waals surface area contributed by atoms with Crippen molar-refractivity contribution in [1.82, 2.24) is 14.4 Å². The van der Waals surface area contributed by atoms with Crippen LogP contribution in [0.25, 0.3) is 26.5 Å². The van der Waals surface area contributed by atoms with E-state index in [0.29, 0.717) is 21.4 Å². The molecule has 0 fully saturated rings. The number of nitrogens with two attached hydrogens (primary N) is 1. The summed E-state index contributed by atoms with van der Waals surface area (Å²) in [6.45, 7) is -0.501. The molecule has 0 unspecified atom stereocenters. The summed E-state index contributed by atoms with van der Waals surface area (Å²) in [6, 6.07) is 7.58. The highest BCUT2D eigenvalue weighted by atomic mass is 35.5. The Balaban J connectivity index is 2.00. The first-order valence-corrected chi connectivity index (χ1v) is 11.1. The minimum absolute atomic E-state index is 0.000449. The highest BCUT2D eigenvalue weighted by molar-refractivity contribution is 6.42. The molecule has 1 amide bonds. The molecule has 0 saturated heterocycles. The summed E-state index contributed by atoms with van der Waals surface area (Å²) >= 11 is 12.3. The second-order valence-corrected chi connectivity index (χ2v) is 8.07. The molecule has 2 N–H and O–H groups in total. The van der Waals surface area contributed by atoms with Gasteiger partial charge in [-0.25, -0.2) is 10.8 Å². The number of nitroso groups, excluding NO2 is 1. The number of rotatable bonds is 12. The first-order valence-electron chi connectivity index (χ1n) is 10.4. The lowest BCUT2D eigenvalue weighted by Crippen LogP contribution is -2.48. The number of imidazole rings is 1. The van der Waals surface area contributed by atoms with Crippen molar-refractivity contribution < 1.29 is 9.53 Å². The molecule has 16 heteroatoms. The van der Waals surface area contributed by atoms with Crippen LogP contribution in [0.15, 0.2) is 51.9 Å². The van der Waals surface area contributed by atoms with Crippen LogP contribution in [-0.2, 0) is 13.2 Å². The predicted octanol–water partition coefficient (Wildman–Crippen LogP) is 5.18. The van der Waals surface area contributed by atoms with Crippen LogP contribution in [0.3, 0.4) is 0 Å². The summed E-state index contributed by atoms with van der Waals surface area (Å²) in [5, 5.41) is 11.3. The van der Waals surface area contributed by atoms with Crippen LogP contribution in [0.5, 0.6) is 5.75 Å². The normalized spacial score (nSPS) is 11.3. The third-order valence-corrected chi connectivity index (χ3v) is 5.98. The number of ether oxygens (including phenoxy) is 1. The molecule has 2 heterocycles. The molecule has 14 nitrogen and oxygen atoms in total. The Morgan fingerprint density at radius 3 is 2.72 bits per heavy atom. The molecule has 2 aromatic heterocycles. The summed E-state index contributed by atoms with van der Waals surface area (Å²) < 4.78 is 7.36. The molecule has 1 atom stereocenters. The number of azide groups is 2. The minimum atomic E-state index is -0.845. The number of benzene rings is 1. The summed E-state index contributed by atoms with van der Waals surface area (Å²) in [5.41, 5.74) is 18.3. The van der Waals surface area contributed by atoms with E-state index in [9.17, 15) is 9.70 Å². The topological polar surface area (TPSA) is 200 Å². The van der Waals surface area contributed by atoms with Gasteiger partial charge in [0.2, 0.25) is 0 Å². The van der Waals surface area contributed by atoms with Gasteiger partial charge in [-0.3, -0.25) is 14.2 Å². The van der Waals surface area contributed by atoms with Gasteiger partial charge in [0.25, 0.3) is 5.91 Å². The van der Waals surface area contributed by atoms with E-state index < -0.39 is 11.9 Å². The largest absolute Gasteiger partial charge is 0.485 e. The fraction of sp³-hybridized carbons (Fsp3) is 0.300. The Kier molecular flexibility index (Phi) is 9.28. The number of pyridine rings is 1. The highest BCUT2D eigenvalue weighted by Gasteiger charge is 2.28. The number of hydrogen-bond acceptors (Lipinski definition) is 8. The Morgan fingerprint density at radius 1 is 1.22 bits per heavy atom. The number of hydrazine groups is 1. The van der Waals surface area contributed by atoms with E-state index in [-0.39, 0.29) is 49.7 Å². The van der Waals surface area contributed by atoms with Gasteiger partial charge in [-0.15, -0.1) is 0 Å². The second-order valence-electron chi connectivity index (χ2n) is 7.28. The smallest absolute Gasteiger partial charge is 0.287 e. The van der Waals surface area contributed by atoms with Crippen LogP contribution in [0.1, 0.15) is 28.2 Å². The Morgan fingerprint density at radius 2 is 2.00 bits per heavy atom. The molecule has 3 rings (SSSR count). The summed E-state index contributed by atoms with van der Waals surface area (Å²) in [4.78, 5) is 34.2. The minimum Gasteiger partial charge on any atom is -0.485 e. The standard InChI is InChI=1S/C20H19Cl2N11O3/c21-14-4-1-3-12(17(14)22)11-36-16-5-2-8-32-18(15(10-27-31-24)29-19(16)32)20(34)33(25)13(9-28-35)6-7-26-30-23/h1-5,8,13H,6-7,9-11,25H2/t13-/m1/s1. The van der Waals surface area contributed by atoms with E-state index in [1.54, 1.807) is 36.5 Å². The van der Waals surface area contributed by atoms with Crippen molar-refractivity contribution in [3.63, 3.8) is 0 Å². The van der Waals surface area contributed by atoms with Gasteiger partial charge in [-0.05, 0) is 35.7 Å². The van der Waals surface area contributed by atoms with Gasteiger partial charge >= 0.3 is 0 Å². The van der Waals surface area contributed by atoms with Crippen molar-refractivity contribution in [3.05, 3.63) is 89.3 Å². The Labute approximate surface area is 213 Å². The number of aromatic nitrogens is 2. The number of fused-ring (bicyclic) bond motifs is 1. The van der Waals surface area contributed by atoms with Crippen molar-refractivity contribution in [1.29, 1.82) is 0 Å². The van der Waals surface area contributed by atoms with Crippen molar-refractivity contribution in [2.75, 3.05) is 13.1 Å². The number of carbonyl (C=O) groups excluding carboxylic acids is 1. The van der Waals surface area contributed by atoms with E-state index >= 15 is 0 Å². The van der Waals surface area contributed by atoms with Gasteiger partial charge in [0, 0.05) is 28.1 Å². The zero-order chi connectivity index (χ0) is 26.1. The maximum atomic E-state index is 13.4. The summed E-state index contributed by atoms with van der Waals surface area (Å²) in [7, 11) is 0. The first kappa shape index (κ1) is 26.5. The maximum Gasteiger partial charge on any atom is 0.287 e. The molecule has 0 radical (unpaired) electrons. The molecule has 0 aliphatic carbocycles. The van der Waals surface area contributed by atoms with Gasteiger partial charge in [-0.2, -0.15) is 4.91 Å². The quantitative estimate of drug-likeness (QED) is 0.0635. The molecule has 36 heavy (non-hydrogen) atoms. The molecule has 0 aliphatic heterocycles. The third-order valence-electron chi connectivity index (χ3n) is 5.13. The average Bonchev–Trinajstić information content (AvgIpc) is 3.26. The number of hydrogen-bond donors (Lipinski definition) is 1. The second kappa shape index (κ2) is 12.6. The zero-order valence-corrected chi connectivity index (χ0v) is 20.1. The monoisotopic (exact) mass is 531 g/mol. The molecule has 0 spiro atoms. The molecule has 186 valence electrons. The van der Waals surface area contributed by atoms with Crippen molar-refractivity contribution >= 4 is 34.8 Å². The SMILES string of the molecule is [N-]=[N+]=NCC[C@H](CN=O)N(N)C(=O)c1c(CN=[N+]=[N-])nc2c(OCc3cccc(Cl)c3Cl)cccn12. The molecule has 3 aromatic rings. The lowest BCUT2D eigenvalue weighted by molar-refractivity contribution is 0.0668. The van der Waals surface area contributed by atoms with Crippen LogP contribution in [0.2, 0.25) is 10.0 Å². The first-order chi connectivity index (χ1) is 17.4. The number of carbonyl (C=O) groups is 1. The highest BCUT2D eigenvalue weighted by Crippen LogP contribution is 2.29. The maximum absolute atomic E-state index is 13.4. The molecule has 0 saturated carbocycles. The zero-order valence-electron chi connectivity index (χ0n) is 18.6. The molecule has 0 aliphatic rings. The van der Waals surface area contributed by atoms with E-state index in [4.69, 9.17) is 44.8 Å². The average molecular weight is 532 g/mol. The number of halogens is 2. The molecular weight excluding hydrogens is 513 g/mol.